The Kier molecular flexibility index (Phi) is 8.02. The summed E-state index contributed by atoms with van der Waals surface area (Å²) in [5.41, 5.74) is -1.24. The standard InChI is InChI=1S/C29H44O6/c1-26(2,3)32-21-15-13-14-18(23(21)33-27(4,5)6)22(31)19-16-17-20(30)25(35-29(10,11)12)24(19)34-28(7,8)9/h13-17,22,30-31H,1-12H3. The van der Waals surface area contributed by atoms with E-state index < -0.39 is 28.5 Å². The Morgan fingerprint density at radius 1 is 0.543 bits per heavy atom. The van der Waals surface area contributed by atoms with E-state index in [4.69, 9.17) is 18.9 Å². The second-order valence-electron chi connectivity index (χ2n) is 12.8. The van der Waals surface area contributed by atoms with Crippen LogP contribution in [0.3, 0.4) is 0 Å². The Balaban J connectivity index is 2.78. The third kappa shape index (κ3) is 8.53. The lowest BCUT2D eigenvalue weighted by molar-refractivity contribution is 0.0844. The van der Waals surface area contributed by atoms with Crippen molar-refractivity contribution in [2.75, 3.05) is 0 Å². The molecule has 0 bridgehead atoms. The van der Waals surface area contributed by atoms with Crippen LogP contribution in [0.25, 0.3) is 0 Å². The largest absolute Gasteiger partial charge is 0.504 e. The van der Waals surface area contributed by atoms with Gasteiger partial charge in [0.15, 0.2) is 23.0 Å². The van der Waals surface area contributed by atoms with Crippen molar-refractivity contribution in [3.8, 4) is 28.7 Å². The molecule has 0 aromatic heterocycles. The highest BCUT2D eigenvalue weighted by Crippen LogP contribution is 2.48. The second-order valence-corrected chi connectivity index (χ2v) is 12.8. The van der Waals surface area contributed by atoms with Crippen LogP contribution >= 0.6 is 0 Å². The Labute approximate surface area is 211 Å². The van der Waals surface area contributed by atoms with E-state index in [2.05, 4.69) is 0 Å². The molecule has 1 atom stereocenters. The molecule has 1 unspecified atom stereocenters. The summed E-state index contributed by atoms with van der Waals surface area (Å²) in [5.74, 6) is 1.39. The highest BCUT2D eigenvalue weighted by atomic mass is 16.6. The zero-order valence-electron chi connectivity index (χ0n) is 23.5. The zero-order chi connectivity index (χ0) is 27.0. The van der Waals surface area contributed by atoms with Crippen molar-refractivity contribution in [2.24, 2.45) is 0 Å². The number of para-hydroxylation sites is 1. The van der Waals surface area contributed by atoms with Gasteiger partial charge in [-0.1, -0.05) is 12.1 Å². The molecule has 0 saturated carbocycles. The number of hydrogen-bond donors (Lipinski definition) is 2. The van der Waals surface area contributed by atoms with Gasteiger partial charge in [-0.3, -0.25) is 0 Å². The van der Waals surface area contributed by atoms with E-state index in [1.807, 2.05) is 95.2 Å². The van der Waals surface area contributed by atoms with Crippen molar-refractivity contribution < 1.29 is 29.2 Å². The molecule has 0 spiro atoms. The Hall–Kier alpha value is -2.60. The molecular weight excluding hydrogens is 444 g/mol. The molecule has 6 nitrogen and oxygen atoms in total. The lowest BCUT2D eigenvalue weighted by Gasteiger charge is -2.32. The average molecular weight is 489 g/mol. The average Bonchev–Trinajstić information content (AvgIpc) is 2.61. The van der Waals surface area contributed by atoms with Gasteiger partial charge in [0, 0.05) is 11.1 Å². The number of hydrogen-bond acceptors (Lipinski definition) is 6. The number of phenols is 1. The SMILES string of the molecule is CC(C)(C)Oc1cccc(C(O)c2ccc(O)c(OC(C)(C)C)c2OC(C)(C)C)c1OC(C)(C)C. The third-order valence-electron chi connectivity index (χ3n) is 4.36. The molecule has 0 fully saturated rings. The lowest BCUT2D eigenvalue weighted by Crippen LogP contribution is -2.28. The summed E-state index contributed by atoms with van der Waals surface area (Å²) in [4.78, 5) is 0. The van der Waals surface area contributed by atoms with Gasteiger partial charge in [0.25, 0.3) is 0 Å². The molecule has 0 aliphatic heterocycles. The first kappa shape index (κ1) is 28.6. The van der Waals surface area contributed by atoms with Crippen molar-refractivity contribution in [3.63, 3.8) is 0 Å². The molecule has 0 aliphatic carbocycles. The van der Waals surface area contributed by atoms with Gasteiger partial charge in [-0.15, -0.1) is 0 Å². The molecule has 35 heavy (non-hydrogen) atoms. The van der Waals surface area contributed by atoms with Gasteiger partial charge in [-0.05, 0) is 101 Å². The fourth-order valence-corrected chi connectivity index (χ4v) is 3.34. The molecule has 0 radical (unpaired) electrons. The third-order valence-corrected chi connectivity index (χ3v) is 4.36. The van der Waals surface area contributed by atoms with Gasteiger partial charge in [0.1, 0.15) is 28.5 Å². The number of rotatable bonds is 6. The summed E-state index contributed by atoms with van der Waals surface area (Å²) in [6, 6.07) is 8.62. The van der Waals surface area contributed by atoms with Crippen LogP contribution in [0.4, 0.5) is 0 Å². The predicted octanol–water partition coefficient (Wildman–Crippen LogP) is 7.18. The molecule has 0 saturated heterocycles. The van der Waals surface area contributed by atoms with E-state index in [1.54, 1.807) is 12.1 Å². The quantitative estimate of drug-likeness (QED) is 0.448. The maximum absolute atomic E-state index is 11.7. The van der Waals surface area contributed by atoms with Crippen LogP contribution in [0.5, 0.6) is 28.7 Å². The zero-order valence-corrected chi connectivity index (χ0v) is 23.5. The summed E-state index contributed by atoms with van der Waals surface area (Å²) in [5, 5.41) is 22.4. The van der Waals surface area contributed by atoms with E-state index in [1.165, 1.54) is 6.07 Å². The summed E-state index contributed by atoms with van der Waals surface area (Å²) in [6.07, 6.45) is -1.14. The molecular formula is C29H44O6. The Morgan fingerprint density at radius 2 is 0.971 bits per heavy atom. The smallest absolute Gasteiger partial charge is 0.204 e. The molecule has 0 aliphatic rings. The highest BCUT2D eigenvalue weighted by Gasteiger charge is 2.31. The molecule has 0 amide bonds. The van der Waals surface area contributed by atoms with Gasteiger partial charge < -0.3 is 29.2 Å². The number of aliphatic hydroxyl groups is 1. The van der Waals surface area contributed by atoms with Crippen molar-refractivity contribution in [1.29, 1.82) is 0 Å². The second kappa shape index (κ2) is 9.81. The van der Waals surface area contributed by atoms with Gasteiger partial charge in [0.2, 0.25) is 5.75 Å². The van der Waals surface area contributed by atoms with Crippen molar-refractivity contribution in [1.82, 2.24) is 0 Å². The highest BCUT2D eigenvalue weighted by molar-refractivity contribution is 5.59. The monoisotopic (exact) mass is 488 g/mol. The van der Waals surface area contributed by atoms with Crippen LogP contribution in [-0.4, -0.2) is 32.6 Å². The van der Waals surface area contributed by atoms with E-state index in [0.717, 1.165) is 0 Å². The topological polar surface area (TPSA) is 77.4 Å². The summed E-state index contributed by atoms with van der Waals surface area (Å²) >= 11 is 0. The van der Waals surface area contributed by atoms with Crippen molar-refractivity contribution in [3.05, 3.63) is 41.5 Å². The first-order valence-corrected chi connectivity index (χ1v) is 12.1. The fourth-order valence-electron chi connectivity index (χ4n) is 3.34. The Morgan fingerprint density at radius 3 is 1.46 bits per heavy atom. The van der Waals surface area contributed by atoms with E-state index in [0.29, 0.717) is 22.6 Å². The minimum atomic E-state index is -1.14. The molecule has 6 heteroatoms. The number of benzene rings is 2. The molecule has 196 valence electrons. The number of phenolic OH excluding ortho intramolecular Hbond substituents is 1. The van der Waals surface area contributed by atoms with Crippen LogP contribution in [0.1, 0.15) is 100 Å². The minimum Gasteiger partial charge on any atom is -0.504 e. The maximum Gasteiger partial charge on any atom is 0.204 e. The molecule has 2 rings (SSSR count). The Bertz CT molecular complexity index is 1010. The van der Waals surface area contributed by atoms with Crippen molar-refractivity contribution in [2.45, 2.75) is 112 Å². The van der Waals surface area contributed by atoms with Crippen LogP contribution in [0.15, 0.2) is 30.3 Å². The van der Waals surface area contributed by atoms with Gasteiger partial charge >= 0.3 is 0 Å². The molecule has 2 N–H and O–H groups in total. The van der Waals surface area contributed by atoms with E-state index in [9.17, 15) is 10.2 Å². The molecule has 2 aromatic carbocycles. The number of ether oxygens (including phenoxy) is 4. The van der Waals surface area contributed by atoms with Gasteiger partial charge in [-0.25, -0.2) is 0 Å². The summed E-state index contributed by atoms with van der Waals surface area (Å²) in [7, 11) is 0. The summed E-state index contributed by atoms with van der Waals surface area (Å²) in [6.45, 7) is 23.1. The number of aliphatic hydroxyl groups excluding tert-OH is 1. The predicted molar refractivity (Wildman–Crippen MR) is 140 cm³/mol. The van der Waals surface area contributed by atoms with Crippen LogP contribution < -0.4 is 18.9 Å². The molecule has 0 heterocycles. The van der Waals surface area contributed by atoms with Gasteiger partial charge in [-0.2, -0.15) is 0 Å². The molecule has 2 aromatic rings. The van der Waals surface area contributed by atoms with E-state index >= 15 is 0 Å². The van der Waals surface area contributed by atoms with Gasteiger partial charge in [0.05, 0.1) is 0 Å². The first-order chi connectivity index (χ1) is 15.7. The normalized spacial score (nSPS) is 13.9. The van der Waals surface area contributed by atoms with Crippen LogP contribution in [0.2, 0.25) is 0 Å². The first-order valence-electron chi connectivity index (χ1n) is 12.1. The fraction of sp³-hybridized carbons (Fsp3) is 0.586. The van der Waals surface area contributed by atoms with E-state index in [-0.39, 0.29) is 17.2 Å². The number of aromatic hydroxyl groups is 1. The lowest BCUT2D eigenvalue weighted by atomic mass is 9.97. The summed E-state index contributed by atoms with van der Waals surface area (Å²) < 4.78 is 24.9. The van der Waals surface area contributed by atoms with Crippen LogP contribution in [-0.2, 0) is 0 Å². The van der Waals surface area contributed by atoms with Crippen LogP contribution in [0, 0.1) is 0 Å². The minimum absolute atomic E-state index is 0.0638. The maximum atomic E-state index is 11.7. The van der Waals surface area contributed by atoms with Crippen molar-refractivity contribution >= 4 is 0 Å².